The van der Waals surface area contributed by atoms with Crippen molar-refractivity contribution >= 4 is 29.0 Å². The highest BCUT2D eigenvalue weighted by Gasteiger charge is 2.27. The number of carbonyl (C=O) groups is 1. The molecule has 3 aromatic rings. The molecule has 0 spiro atoms. The van der Waals surface area contributed by atoms with E-state index in [0.717, 1.165) is 29.1 Å². The number of aromatic amines is 1. The van der Waals surface area contributed by atoms with Crippen molar-refractivity contribution in [2.24, 2.45) is 0 Å². The Labute approximate surface area is 164 Å². The summed E-state index contributed by atoms with van der Waals surface area (Å²) in [4.78, 5) is 28.7. The zero-order valence-corrected chi connectivity index (χ0v) is 15.8. The molecule has 28 heavy (non-hydrogen) atoms. The summed E-state index contributed by atoms with van der Waals surface area (Å²) < 4.78 is 0. The van der Waals surface area contributed by atoms with Crippen LogP contribution in [0.25, 0.3) is 11.4 Å². The molecule has 0 aliphatic heterocycles. The number of rotatable bonds is 6. The highest BCUT2D eigenvalue weighted by atomic mass is 32.2. The van der Waals surface area contributed by atoms with Crippen molar-refractivity contribution in [3.63, 3.8) is 0 Å². The summed E-state index contributed by atoms with van der Waals surface area (Å²) in [7, 11) is 0. The van der Waals surface area contributed by atoms with Gasteiger partial charge in [-0.2, -0.15) is 5.10 Å². The lowest BCUT2D eigenvalue weighted by Crippen LogP contribution is -2.14. The monoisotopic (exact) mass is 395 g/mol. The maximum Gasteiger partial charge on any atom is 0.282 e. The van der Waals surface area contributed by atoms with E-state index in [4.69, 9.17) is 0 Å². The van der Waals surface area contributed by atoms with Crippen molar-refractivity contribution in [3.8, 4) is 11.4 Å². The molecular weight excluding hydrogens is 378 g/mol. The summed E-state index contributed by atoms with van der Waals surface area (Å²) in [6.07, 6.45) is 4.09. The molecular formula is C19H17N5O3S. The van der Waals surface area contributed by atoms with Gasteiger partial charge in [0.05, 0.1) is 4.92 Å². The van der Waals surface area contributed by atoms with E-state index in [1.165, 1.54) is 23.9 Å². The summed E-state index contributed by atoms with van der Waals surface area (Å²) in [5.41, 5.74) is 1.07. The number of hydrogen-bond donors (Lipinski definition) is 2. The van der Waals surface area contributed by atoms with Crippen LogP contribution in [0.15, 0.2) is 47.4 Å². The molecule has 1 saturated carbocycles. The SMILES string of the molecule is CSc1ccc([N+](=O)[O-])c(C(=O)Nc2cccc(-c3n[nH]c(C4CC4)n3)c2)c1. The lowest BCUT2D eigenvalue weighted by Gasteiger charge is -2.08. The number of nitro benzene ring substituents is 1. The number of amides is 1. The molecule has 0 bridgehead atoms. The Hall–Kier alpha value is -3.20. The first kappa shape index (κ1) is 18.2. The van der Waals surface area contributed by atoms with Crippen LogP contribution in [0.1, 0.15) is 34.9 Å². The molecule has 1 aliphatic rings. The quantitative estimate of drug-likeness (QED) is 0.367. The molecule has 0 unspecified atom stereocenters. The van der Waals surface area contributed by atoms with Crippen LogP contribution in [0.2, 0.25) is 0 Å². The minimum absolute atomic E-state index is 0.0242. The molecule has 2 N–H and O–H groups in total. The summed E-state index contributed by atoms with van der Waals surface area (Å²) in [5.74, 6) is 1.38. The zero-order chi connectivity index (χ0) is 19.7. The minimum Gasteiger partial charge on any atom is -0.322 e. The Kier molecular flexibility index (Phi) is 4.82. The van der Waals surface area contributed by atoms with E-state index in [2.05, 4.69) is 20.5 Å². The lowest BCUT2D eigenvalue weighted by molar-refractivity contribution is -0.385. The Bertz CT molecular complexity index is 1060. The fourth-order valence-corrected chi connectivity index (χ4v) is 3.30. The number of anilines is 1. The highest BCUT2D eigenvalue weighted by Crippen LogP contribution is 2.38. The largest absolute Gasteiger partial charge is 0.322 e. The average molecular weight is 395 g/mol. The highest BCUT2D eigenvalue weighted by molar-refractivity contribution is 7.98. The van der Waals surface area contributed by atoms with Gasteiger partial charge < -0.3 is 5.32 Å². The van der Waals surface area contributed by atoms with E-state index >= 15 is 0 Å². The first-order valence-corrected chi connectivity index (χ1v) is 9.94. The van der Waals surface area contributed by atoms with Gasteiger partial charge >= 0.3 is 0 Å². The predicted octanol–water partition coefficient (Wildman–Crippen LogP) is 4.23. The molecule has 9 heteroatoms. The van der Waals surface area contributed by atoms with E-state index in [1.54, 1.807) is 24.3 Å². The Morgan fingerprint density at radius 3 is 2.82 bits per heavy atom. The van der Waals surface area contributed by atoms with Gasteiger partial charge in [0.15, 0.2) is 5.82 Å². The number of carbonyl (C=O) groups excluding carboxylic acids is 1. The van der Waals surface area contributed by atoms with Gasteiger partial charge in [-0.1, -0.05) is 12.1 Å². The molecule has 1 amide bonds. The van der Waals surface area contributed by atoms with Crippen molar-refractivity contribution in [2.75, 3.05) is 11.6 Å². The third-order valence-electron chi connectivity index (χ3n) is 4.49. The molecule has 1 fully saturated rings. The van der Waals surface area contributed by atoms with Crippen molar-refractivity contribution in [1.82, 2.24) is 15.2 Å². The van der Waals surface area contributed by atoms with Crippen molar-refractivity contribution in [1.29, 1.82) is 0 Å². The second kappa shape index (κ2) is 7.43. The van der Waals surface area contributed by atoms with Crippen LogP contribution in [-0.4, -0.2) is 32.3 Å². The first-order valence-electron chi connectivity index (χ1n) is 8.71. The Morgan fingerprint density at radius 2 is 2.11 bits per heavy atom. The minimum atomic E-state index is -0.553. The van der Waals surface area contributed by atoms with E-state index in [9.17, 15) is 14.9 Å². The van der Waals surface area contributed by atoms with Gasteiger partial charge in [0.1, 0.15) is 11.4 Å². The number of benzene rings is 2. The molecule has 0 atom stereocenters. The fourth-order valence-electron chi connectivity index (χ4n) is 2.86. The molecule has 1 heterocycles. The number of hydrogen-bond acceptors (Lipinski definition) is 6. The van der Waals surface area contributed by atoms with Gasteiger partial charge in [0.25, 0.3) is 11.6 Å². The van der Waals surface area contributed by atoms with Crippen LogP contribution in [0.5, 0.6) is 0 Å². The van der Waals surface area contributed by atoms with Crippen molar-refractivity contribution in [3.05, 3.63) is 64.0 Å². The second-order valence-corrected chi connectivity index (χ2v) is 7.37. The predicted molar refractivity (Wildman–Crippen MR) is 107 cm³/mol. The topological polar surface area (TPSA) is 114 Å². The fraction of sp³-hybridized carbons (Fsp3) is 0.211. The molecule has 0 radical (unpaired) electrons. The smallest absolute Gasteiger partial charge is 0.282 e. The second-order valence-electron chi connectivity index (χ2n) is 6.49. The third kappa shape index (κ3) is 3.74. The van der Waals surface area contributed by atoms with Crippen LogP contribution < -0.4 is 5.32 Å². The van der Waals surface area contributed by atoms with Crippen molar-refractivity contribution < 1.29 is 9.72 Å². The molecule has 1 aromatic heterocycles. The van der Waals surface area contributed by atoms with Gasteiger partial charge in [-0.25, -0.2) is 4.98 Å². The van der Waals surface area contributed by atoms with E-state index in [1.807, 2.05) is 12.3 Å². The summed E-state index contributed by atoms with van der Waals surface area (Å²) >= 11 is 1.41. The van der Waals surface area contributed by atoms with Gasteiger partial charge in [-0.3, -0.25) is 20.0 Å². The third-order valence-corrected chi connectivity index (χ3v) is 5.22. The number of nitro groups is 1. The van der Waals surface area contributed by atoms with Gasteiger partial charge in [0, 0.05) is 28.1 Å². The number of nitrogens with one attached hydrogen (secondary N) is 2. The van der Waals surface area contributed by atoms with Gasteiger partial charge in [-0.15, -0.1) is 11.8 Å². The van der Waals surface area contributed by atoms with Crippen LogP contribution in [0.4, 0.5) is 11.4 Å². The van der Waals surface area contributed by atoms with E-state index < -0.39 is 10.8 Å². The average Bonchev–Trinajstić information content (AvgIpc) is 3.44. The van der Waals surface area contributed by atoms with Gasteiger partial charge in [0.2, 0.25) is 0 Å². The molecule has 2 aromatic carbocycles. The summed E-state index contributed by atoms with van der Waals surface area (Å²) in [6, 6.07) is 11.6. The van der Waals surface area contributed by atoms with E-state index in [-0.39, 0.29) is 11.3 Å². The Morgan fingerprint density at radius 1 is 1.29 bits per heavy atom. The van der Waals surface area contributed by atoms with Crippen LogP contribution in [-0.2, 0) is 0 Å². The standard InChI is InChI=1S/C19H17N5O3S/c1-28-14-7-8-16(24(26)27)15(10-14)19(25)20-13-4-2-3-12(9-13)18-21-17(22-23-18)11-5-6-11/h2-4,7-11H,5-6H2,1H3,(H,20,25)(H,21,22,23). The molecule has 1 aliphatic carbocycles. The zero-order valence-electron chi connectivity index (χ0n) is 15.0. The maximum atomic E-state index is 12.7. The van der Waals surface area contributed by atoms with E-state index in [0.29, 0.717) is 17.4 Å². The number of aromatic nitrogens is 3. The van der Waals surface area contributed by atoms with Crippen LogP contribution >= 0.6 is 11.8 Å². The first-order chi connectivity index (χ1) is 13.5. The number of nitrogens with zero attached hydrogens (tertiary/aromatic N) is 3. The van der Waals surface area contributed by atoms with Crippen molar-refractivity contribution in [2.45, 2.75) is 23.7 Å². The maximum absolute atomic E-state index is 12.7. The Balaban J connectivity index is 1.59. The molecule has 142 valence electrons. The molecule has 0 saturated heterocycles. The number of H-pyrrole nitrogens is 1. The summed E-state index contributed by atoms with van der Waals surface area (Å²) in [6.45, 7) is 0. The molecule has 8 nitrogen and oxygen atoms in total. The van der Waals surface area contributed by atoms with Crippen LogP contribution in [0, 0.1) is 10.1 Å². The number of thioether (sulfide) groups is 1. The molecule has 4 rings (SSSR count). The van der Waals surface area contributed by atoms with Crippen LogP contribution in [0.3, 0.4) is 0 Å². The van der Waals surface area contributed by atoms with Gasteiger partial charge in [-0.05, 0) is 43.4 Å². The summed E-state index contributed by atoms with van der Waals surface area (Å²) in [5, 5.41) is 21.2. The normalized spacial score (nSPS) is 13.3. The lowest BCUT2D eigenvalue weighted by atomic mass is 10.1.